The Kier molecular flexibility index (Phi) is 6.18. The van der Waals surface area contributed by atoms with Crippen molar-refractivity contribution in [3.05, 3.63) is 71.0 Å². The third-order valence-corrected chi connectivity index (χ3v) is 5.44. The molecule has 0 bridgehead atoms. The molecule has 0 aliphatic carbocycles. The third-order valence-electron chi connectivity index (χ3n) is 3.96. The normalized spacial score (nSPS) is 12.0. The van der Waals surface area contributed by atoms with Gasteiger partial charge in [-0.1, -0.05) is 57.2 Å². The number of hydrogen-bond acceptors (Lipinski definition) is 3. The zero-order chi connectivity index (χ0) is 19.4. The summed E-state index contributed by atoms with van der Waals surface area (Å²) in [6.07, 6.45) is 0. The van der Waals surface area contributed by atoms with Crippen molar-refractivity contribution in [2.24, 2.45) is 0 Å². The van der Waals surface area contributed by atoms with E-state index in [0.717, 1.165) is 5.56 Å². The first kappa shape index (κ1) is 20.1. The van der Waals surface area contributed by atoms with Crippen molar-refractivity contribution in [2.75, 3.05) is 5.75 Å². The van der Waals surface area contributed by atoms with E-state index in [1.807, 2.05) is 12.1 Å². The van der Waals surface area contributed by atoms with Crippen molar-refractivity contribution >= 4 is 15.7 Å². The molecule has 6 heteroatoms. The second-order valence-electron chi connectivity index (χ2n) is 7.38. The summed E-state index contributed by atoms with van der Waals surface area (Å²) >= 11 is 0. The van der Waals surface area contributed by atoms with Crippen molar-refractivity contribution in [2.45, 2.75) is 38.5 Å². The smallest absolute Gasteiger partial charge is 0.235 e. The summed E-state index contributed by atoms with van der Waals surface area (Å²) in [5.41, 5.74) is 2.48. The van der Waals surface area contributed by atoms with E-state index in [9.17, 15) is 17.6 Å². The van der Waals surface area contributed by atoms with Crippen molar-refractivity contribution in [1.82, 2.24) is 5.32 Å². The molecule has 1 amide bonds. The molecule has 0 saturated carbocycles. The van der Waals surface area contributed by atoms with Gasteiger partial charge in [0.15, 0.2) is 9.84 Å². The number of carbonyl (C=O) groups is 1. The Balaban J connectivity index is 1.91. The van der Waals surface area contributed by atoms with Gasteiger partial charge in [-0.15, -0.1) is 0 Å². The molecule has 0 unspecified atom stereocenters. The highest BCUT2D eigenvalue weighted by Crippen LogP contribution is 2.22. The lowest BCUT2D eigenvalue weighted by molar-refractivity contribution is -0.118. The molecule has 2 aromatic rings. The Morgan fingerprint density at radius 2 is 1.50 bits per heavy atom. The average molecular weight is 377 g/mol. The van der Waals surface area contributed by atoms with Crippen LogP contribution in [0.2, 0.25) is 0 Å². The van der Waals surface area contributed by atoms with Gasteiger partial charge in [-0.25, -0.2) is 12.8 Å². The zero-order valence-electron chi connectivity index (χ0n) is 15.3. The molecule has 2 aromatic carbocycles. The highest BCUT2D eigenvalue weighted by atomic mass is 32.2. The van der Waals surface area contributed by atoms with Crippen LogP contribution in [-0.4, -0.2) is 20.1 Å². The molecule has 0 atom stereocenters. The maximum atomic E-state index is 12.8. The van der Waals surface area contributed by atoms with Crippen LogP contribution in [0.4, 0.5) is 4.39 Å². The molecule has 0 heterocycles. The Morgan fingerprint density at radius 1 is 0.962 bits per heavy atom. The molecule has 26 heavy (non-hydrogen) atoms. The summed E-state index contributed by atoms with van der Waals surface area (Å²) in [5, 5.41) is 2.55. The van der Waals surface area contributed by atoms with E-state index in [1.165, 1.54) is 12.1 Å². The Morgan fingerprint density at radius 3 is 2.04 bits per heavy atom. The maximum Gasteiger partial charge on any atom is 0.235 e. The number of hydrogen-bond donors (Lipinski definition) is 1. The monoisotopic (exact) mass is 377 g/mol. The molecule has 0 fully saturated rings. The van der Waals surface area contributed by atoms with Gasteiger partial charge >= 0.3 is 0 Å². The van der Waals surface area contributed by atoms with Crippen LogP contribution in [-0.2, 0) is 32.3 Å². The number of nitrogens with one attached hydrogen (secondary N) is 1. The Hall–Kier alpha value is -2.21. The van der Waals surface area contributed by atoms with Gasteiger partial charge in [0.2, 0.25) is 5.91 Å². The minimum absolute atomic E-state index is 0.00234. The molecule has 140 valence electrons. The molecule has 1 N–H and O–H groups in total. The number of benzene rings is 2. The molecule has 0 radical (unpaired) electrons. The quantitative estimate of drug-likeness (QED) is 0.840. The van der Waals surface area contributed by atoms with Crippen LogP contribution in [0.1, 0.15) is 37.5 Å². The Bertz CT molecular complexity index is 851. The predicted molar refractivity (Wildman–Crippen MR) is 101 cm³/mol. The van der Waals surface area contributed by atoms with Gasteiger partial charge in [0, 0.05) is 6.54 Å². The summed E-state index contributed by atoms with van der Waals surface area (Å²) in [4.78, 5) is 11.9. The summed E-state index contributed by atoms with van der Waals surface area (Å²) < 4.78 is 37.3. The first-order valence-electron chi connectivity index (χ1n) is 8.36. The van der Waals surface area contributed by atoms with Crippen LogP contribution >= 0.6 is 0 Å². The number of amides is 1. The number of sulfone groups is 1. The highest BCUT2D eigenvalue weighted by molar-refractivity contribution is 7.91. The summed E-state index contributed by atoms with van der Waals surface area (Å²) in [6.45, 7) is 6.42. The van der Waals surface area contributed by atoms with E-state index in [1.54, 1.807) is 24.3 Å². The van der Waals surface area contributed by atoms with Gasteiger partial charge in [0.1, 0.15) is 11.6 Å². The standard InChI is InChI=1S/C20H24FNO3S/c1-20(2,3)17-8-4-16(5-9-17)13-26(24,25)14-19(23)22-12-15-6-10-18(21)11-7-15/h4-11H,12-14H2,1-3H3,(H,22,23). The van der Waals surface area contributed by atoms with Crippen LogP contribution in [0, 0.1) is 5.82 Å². The fraction of sp³-hybridized carbons (Fsp3) is 0.350. The minimum Gasteiger partial charge on any atom is -0.351 e. The van der Waals surface area contributed by atoms with Gasteiger partial charge in [-0.3, -0.25) is 4.79 Å². The molecular weight excluding hydrogens is 353 g/mol. The molecule has 4 nitrogen and oxygen atoms in total. The molecule has 2 rings (SSSR count). The van der Waals surface area contributed by atoms with E-state index >= 15 is 0 Å². The van der Waals surface area contributed by atoms with Gasteiger partial charge < -0.3 is 5.32 Å². The fourth-order valence-corrected chi connectivity index (χ4v) is 3.76. The largest absolute Gasteiger partial charge is 0.351 e. The number of carbonyl (C=O) groups excluding carboxylic acids is 1. The topological polar surface area (TPSA) is 63.2 Å². The lowest BCUT2D eigenvalue weighted by Gasteiger charge is -2.19. The molecule has 0 aromatic heterocycles. The second kappa shape index (κ2) is 7.99. The summed E-state index contributed by atoms with van der Waals surface area (Å²) in [5.74, 6) is -1.68. The lowest BCUT2D eigenvalue weighted by atomic mass is 9.87. The van der Waals surface area contributed by atoms with Gasteiger partial charge in [0.25, 0.3) is 0 Å². The van der Waals surface area contributed by atoms with Gasteiger partial charge in [-0.05, 0) is 34.2 Å². The summed E-state index contributed by atoms with van der Waals surface area (Å²) in [6, 6.07) is 13.1. The van der Waals surface area contributed by atoms with Crippen LogP contribution in [0.5, 0.6) is 0 Å². The van der Waals surface area contributed by atoms with E-state index in [4.69, 9.17) is 0 Å². The van der Waals surface area contributed by atoms with Crippen molar-refractivity contribution in [1.29, 1.82) is 0 Å². The molecule has 0 saturated heterocycles. The highest BCUT2D eigenvalue weighted by Gasteiger charge is 2.18. The van der Waals surface area contributed by atoms with Gasteiger partial charge in [-0.2, -0.15) is 0 Å². The predicted octanol–water partition coefficient (Wildman–Crippen LogP) is 3.35. The average Bonchev–Trinajstić information content (AvgIpc) is 2.53. The zero-order valence-corrected chi connectivity index (χ0v) is 16.1. The second-order valence-corrected chi connectivity index (χ2v) is 9.45. The van der Waals surface area contributed by atoms with E-state index in [2.05, 4.69) is 26.1 Å². The van der Waals surface area contributed by atoms with Gasteiger partial charge in [0.05, 0.1) is 5.75 Å². The molecule has 0 spiro atoms. The fourth-order valence-electron chi connectivity index (χ4n) is 2.46. The van der Waals surface area contributed by atoms with Crippen LogP contribution in [0.3, 0.4) is 0 Å². The number of halogens is 1. The molecule has 0 aliphatic rings. The summed E-state index contributed by atoms with van der Waals surface area (Å²) in [7, 11) is -3.57. The van der Waals surface area contributed by atoms with Crippen LogP contribution in [0.25, 0.3) is 0 Å². The van der Waals surface area contributed by atoms with Crippen LogP contribution in [0.15, 0.2) is 48.5 Å². The first-order valence-corrected chi connectivity index (χ1v) is 10.2. The number of rotatable bonds is 6. The lowest BCUT2D eigenvalue weighted by Crippen LogP contribution is -2.30. The SMILES string of the molecule is CC(C)(C)c1ccc(CS(=O)(=O)CC(=O)NCc2ccc(F)cc2)cc1. The maximum absolute atomic E-state index is 12.8. The molecule has 0 aliphatic heterocycles. The van der Waals surface area contributed by atoms with E-state index in [-0.39, 0.29) is 23.5 Å². The Labute approximate surface area is 154 Å². The van der Waals surface area contributed by atoms with Crippen molar-refractivity contribution in [3.8, 4) is 0 Å². The molecular formula is C20H24FNO3S. The van der Waals surface area contributed by atoms with E-state index < -0.39 is 21.5 Å². The van der Waals surface area contributed by atoms with Crippen LogP contribution < -0.4 is 5.32 Å². The van der Waals surface area contributed by atoms with Crippen molar-refractivity contribution in [3.63, 3.8) is 0 Å². The minimum atomic E-state index is -3.57. The first-order chi connectivity index (χ1) is 12.0. The van der Waals surface area contributed by atoms with E-state index in [0.29, 0.717) is 11.1 Å². The van der Waals surface area contributed by atoms with Crippen molar-refractivity contribution < 1.29 is 17.6 Å². The third kappa shape index (κ3) is 6.26.